The lowest BCUT2D eigenvalue weighted by atomic mass is 10.3. The van der Waals surface area contributed by atoms with E-state index in [0.29, 0.717) is 31.9 Å². The van der Waals surface area contributed by atoms with E-state index < -0.39 is 0 Å². The third-order valence-corrected chi connectivity index (χ3v) is 2.61. The van der Waals surface area contributed by atoms with Crippen molar-refractivity contribution in [3.63, 3.8) is 0 Å². The van der Waals surface area contributed by atoms with Crippen LogP contribution in [0.5, 0.6) is 5.75 Å². The van der Waals surface area contributed by atoms with Crippen molar-refractivity contribution in [2.24, 2.45) is 5.73 Å². The van der Waals surface area contributed by atoms with Gasteiger partial charge in [-0.05, 0) is 19.4 Å². The van der Waals surface area contributed by atoms with E-state index >= 15 is 0 Å². The van der Waals surface area contributed by atoms with Crippen LogP contribution in [-0.4, -0.2) is 35.4 Å². The van der Waals surface area contributed by atoms with Crippen LogP contribution >= 0.6 is 0 Å². The first-order valence-corrected chi connectivity index (χ1v) is 6.84. The average molecular weight is 282 g/mol. The molecule has 0 bridgehead atoms. The minimum Gasteiger partial charge on any atom is -0.492 e. The van der Waals surface area contributed by atoms with Crippen LogP contribution in [0.1, 0.15) is 26.2 Å². The van der Waals surface area contributed by atoms with Crippen molar-refractivity contribution >= 4 is 5.91 Å². The van der Waals surface area contributed by atoms with Crippen LogP contribution < -0.4 is 21.3 Å². The zero-order valence-electron chi connectivity index (χ0n) is 11.8. The van der Waals surface area contributed by atoms with E-state index in [1.165, 1.54) is 12.3 Å². The van der Waals surface area contributed by atoms with E-state index in [9.17, 15) is 9.59 Å². The second-order valence-electron chi connectivity index (χ2n) is 4.38. The van der Waals surface area contributed by atoms with Gasteiger partial charge in [0, 0.05) is 12.6 Å². The van der Waals surface area contributed by atoms with E-state index in [-0.39, 0.29) is 18.0 Å². The molecule has 7 heteroatoms. The van der Waals surface area contributed by atoms with E-state index in [1.54, 1.807) is 0 Å². The summed E-state index contributed by atoms with van der Waals surface area (Å²) < 4.78 is 6.42. The molecule has 0 saturated heterocycles. The third kappa shape index (κ3) is 5.83. The first-order chi connectivity index (χ1) is 9.67. The van der Waals surface area contributed by atoms with Crippen molar-refractivity contribution in [2.45, 2.75) is 32.7 Å². The fourth-order valence-corrected chi connectivity index (χ4v) is 1.48. The molecule has 0 aliphatic carbocycles. The van der Waals surface area contributed by atoms with Gasteiger partial charge in [-0.3, -0.25) is 9.59 Å². The van der Waals surface area contributed by atoms with Crippen LogP contribution in [0.3, 0.4) is 0 Å². The normalized spacial score (nSPS) is 10.3. The molecule has 0 aromatic carbocycles. The molecule has 3 N–H and O–H groups in total. The molecule has 7 nitrogen and oxygen atoms in total. The molecule has 1 heterocycles. The SMILES string of the molecule is CCCCNC(=O)Cn1ncc(OCCCN)cc1=O. The van der Waals surface area contributed by atoms with Gasteiger partial charge in [-0.1, -0.05) is 13.3 Å². The molecule has 0 unspecified atom stereocenters. The summed E-state index contributed by atoms with van der Waals surface area (Å²) in [5.41, 5.74) is 4.99. The largest absolute Gasteiger partial charge is 0.492 e. The number of nitrogens with one attached hydrogen (secondary N) is 1. The van der Waals surface area contributed by atoms with Crippen molar-refractivity contribution in [1.82, 2.24) is 15.1 Å². The van der Waals surface area contributed by atoms with Crippen molar-refractivity contribution in [3.8, 4) is 5.75 Å². The molecule has 0 aliphatic rings. The zero-order chi connectivity index (χ0) is 14.8. The smallest absolute Gasteiger partial charge is 0.270 e. The average Bonchev–Trinajstić information content (AvgIpc) is 2.42. The fourth-order valence-electron chi connectivity index (χ4n) is 1.48. The van der Waals surface area contributed by atoms with Crippen LogP contribution in [0.2, 0.25) is 0 Å². The first-order valence-electron chi connectivity index (χ1n) is 6.84. The topological polar surface area (TPSA) is 99.2 Å². The molecule has 0 radical (unpaired) electrons. The molecular weight excluding hydrogens is 260 g/mol. The predicted molar refractivity (Wildman–Crippen MR) is 75.6 cm³/mol. The number of amides is 1. The Hall–Kier alpha value is -1.89. The Morgan fingerprint density at radius 1 is 1.50 bits per heavy atom. The number of carbonyl (C=O) groups excluding carboxylic acids is 1. The number of unbranched alkanes of at least 4 members (excludes halogenated alkanes) is 1. The van der Waals surface area contributed by atoms with Crippen LogP contribution in [0.4, 0.5) is 0 Å². The summed E-state index contributed by atoms with van der Waals surface area (Å²) in [6.45, 7) is 3.55. The van der Waals surface area contributed by atoms with Crippen molar-refractivity contribution < 1.29 is 9.53 Å². The highest BCUT2D eigenvalue weighted by molar-refractivity contribution is 5.75. The maximum absolute atomic E-state index is 11.8. The summed E-state index contributed by atoms with van der Waals surface area (Å²) >= 11 is 0. The molecule has 0 saturated carbocycles. The molecule has 1 amide bonds. The highest BCUT2D eigenvalue weighted by Crippen LogP contribution is 2.03. The molecule has 0 aliphatic heterocycles. The lowest BCUT2D eigenvalue weighted by molar-refractivity contribution is -0.121. The van der Waals surface area contributed by atoms with E-state index in [4.69, 9.17) is 10.5 Å². The summed E-state index contributed by atoms with van der Waals surface area (Å²) in [5, 5.41) is 6.64. The number of nitrogens with zero attached hydrogens (tertiary/aromatic N) is 2. The highest BCUT2D eigenvalue weighted by atomic mass is 16.5. The Labute approximate surface area is 118 Å². The molecule has 0 atom stereocenters. The highest BCUT2D eigenvalue weighted by Gasteiger charge is 2.06. The molecular formula is C13H22N4O3. The van der Waals surface area contributed by atoms with E-state index in [1.807, 2.05) is 6.92 Å². The molecule has 112 valence electrons. The lowest BCUT2D eigenvalue weighted by Crippen LogP contribution is -2.33. The summed E-state index contributed by atoms with van der Waals surface area (Å²) in [7, 11) is 0. The predicted octanol–water partition coefficient (Wildman–Crippen LogP) is -0.113. The van der Waals surface area contributed by atoms with Gasteiger partial charge in [0.1, 0.15) is 12.3 Å². The summed E-state index contributed by atoms with van der Waals surface area (Å²) in [5.74, 6) is 0.177. The minimum atomic E-state index is -0.360. The van der Waals surface area contributed by atoms with Crippen LogP contribution in [-0.2, 0) is 11.3 Å². The number of hydrogen-bond donors (Lipinski definition) is 2. The molecule has 1 aromatic rings. The van der Waals surface area contributed by atoms with Gasteiger partial charge in [-0.15, -0.1) is 0 Å². The maximum atomic E-state index is 11.8. The Morgan fingerprint density at radius 3 is 2.95 bits per heavy atom. The van der Waals surface area contributed by atoms with Crippen molar-refractivity contribution in [3.05, 3.63) is 22.6 Å². The van der Waals surface area contributed by atoms with Crippen LogP contribution in [0.25, 0.3) is 0 Å². The van der Waals surface area contributed by atoms with Crippen molar-refractivity contribution in [2.75, 3.05) is 19.7 Å². The quantitative estimate of drug-likeness (QED) is 0.616. The number of rotatable bonds is 9. The number of aromatic nitrogens is 2. The Kier molecular flexibility index (Phi) is 7.34. The van der Waals surface area contributed by atoms with Gasteiger partial charge in [0.25, 0.3) is 5.56 Å². The molecule has 0 fully saturated rings. The maximum Gasteiger partial charge on any atom is 0.270 e. The first kappa shape index (κ1) is 16.2. The van der Waals surface area contributed by atoms with Crippen molar-refractivity contribution in [1.29, 1.82) is 0 Å². The number of carbonyl (C=O) groups is 1. The number of ether oxygens (including phenoxy) is 1. The number of hydrogen-bond acceptors (Lipinski definition) is 5. The molecule has 0 spiro atoms. The molecule has 1 rings (SSSR count). The summed E-state index contributed by atoms with van der Waals surface area (Å²) in [4.78, 5) is 23.3. The monoisotopic (exact) mass is 282 g/mol. The van der Waals surface area contributed by atoms with Crippen LogP contribution in [0.15, 0.2) is 17.1 Å². The fraction of sp³-hybridized carbons (Fsp3) is 0.615. The second-order valence-corrected chi connectivity index (χ2v) is 4.38. The van der Waals surface area contributed by atoms with E-state index in [2.05, 4.69) is 10.4 Å². The summed E-state index contributed by atoms with van der Waals surface area (Å²) in [6, 6.07) is 1.32. The van der Waals surface area contributed by atoms with Gasteiger partial charge < -0.3 is 15.8 Å². The van der Waals surface area contributed by atoms with Gasteiger partial charge in [0.05, 0.1) is 12.8 Å². The Balaban J connectivity index is 2.51. The number of nitrogens with two attached hydrogens (primary N) is 1. The summed E-state index contributed by atoms with van der Waals surface area (Å²) in [6.07, 6.45) is 4.06. The van der Waals surface area contributed by atoms with Gasteiger partial charge in [-0.25, -0.2) is 4.68 Å². The van der Waals surface area contributed by atoms with Gasteiger partial charge in [0.15, 0.2) is 0 Å². The second kappa shape index (κ2) is 9.08. The van der Waals surface area contributed by atoms with Gasteiger partial charge >= 0.3 is 0 Å². The van der Waals surface area contributed by atoms with Gasteiger partial charge in [-0.2, -0.15) is 5.10 Å². The van der Waals surface area contributed by atoms with Crippen LogP contribution in [0, 0.1) is 0 Å². The third-order valence-electron chi connectivity index (χ3n) is 2.61. The van der Waals surface area contributed by atoms with Gasteiger partial charge in [0.2, 0.25) is 5.91 Å². The Morgan fingerprint density at radius 2 is 2.30 bits per heavy atom. The molecule has 20 heavy (non-hydrogen) atoms. The minimum absolute atomic E-state index is 0.0778. The standard InChI is InChI=1S/C13H22N4O3/c1-2-3-6-15-12(18)10-17-13(19)8-11(9-16-17)20-7-4-5-14/h8-9H,2-7,10,14H2,1H3,(H,15,18). The molecule has 1 aromatic heterocycles. The zero-order valence-corrected chi connectivity index (χ0v) is 11.8. The lowest BCUT2D eigenvalue weighted by Gasteiger charge is -2.08. The van der Waals surface area contributed by atoms with E-state index in [0.717, 1.165) is 17.5 Å². The Bertz CT molecular complexity index is 473.